The topological polar surface area (TPSA) is 63.2 Å². The SMILES string of the molecule is O=C(CS[C@@H]1CCS(=O)(=O)C1)NCCc1ccc(F)cc1. The van der Waals surface area contributed by atoms with Gasteiger partial charge in [0.1, 0.15) is 5.82 Å². The molecule has 0 spiro atoms. The van der Waals surface area contributed by atoms with Gasteiger partial charge >= 0.3 is 0 Å². The quantitative estimate of drug-likeness (QED) is 0.856. The Balaban J connectivity index is 1.63. The van der Waals surface area contributed by atoms with Crippen LogP contribution >= 0.6 is 11.8 Å². The van der Waals surface area contributed by atoms with Crippen LogP contribution in [0.25, 0.3) is 0 Å². The van der Waals surface area contributed by atoms with Gasteiger partial charge in [0.15, 0.2) is 9.84 Å². The Labute approximate surface area is 128 Å². The van der Waals surface area contributed by atoms with E-state index in [-0.39, 0.29) is 34.2 Å². The van der Waals surface area contributed by atoms with Crippen molar-refractivity contribution in [3.8, 4) is 0 Å². The average molecular weight is 331 g/mol. The van der Waals surface area contributed by atoms with Gasteiger partial charge in [-0.2, -0.15) is 0 Å². The van der Waals surface area contributed by atoms with Crippen molar-refractivity contribution >= 4 is 27.5 Å². The maximum Gasteiger partial charge on any atom is 0.230 e. The van der Waals surface area contributed by atoms with Crippen LogP contribution in [-0.2, 0) is 21.1 Å². The minimum atomic E-state index is -2.88. The minimum Gasteiger partial charge on any atom is -0.355 e. The lowest BCUT2D eigenvalue weighted by molar-refractivity contribution is -0.118. The minimum absolute atomic E-state index is 0.0397. The summed E-state index contributed by atoms with van der Waals surface area (Å²) in [6, 6.07) is 6.18. The lowest BCUT2D eigenvalue weighted by Gasteiger charge is -2.08. The molecule has 1 atom stereocenters. The van der Waals surface area contributed by atoms with Gasteiger partial charge in [-0.15, -0.1) is 11.8 Å². The molecule has 1 aromatic carbocycles. The van der Waals surface area contributed by atoms with E-state index in [2.05, 4.69) is 5.32 Å². The average Bonchev–Trinajstić information content (AvgIpc) is 2.78. The van der Waals surface area contributed by atoms with E-state index >= 15 is 0 Å². The molecule has 1 saturated heterocycles. The molecule has 0 aliphatic carbocycles. The van der Waals surface area contributed by atoms with Crippen LogP contribution in [0.4, 0.5) is 4.39 Å². The summed E-state index contributed by atoms with van der Waals surface area (Å²) in [5, 5.41) is 2.83. The van der Waals surface area contributed by atoms with Gasteiger partial charge in [0.05, 0.1) is 17.3 Å². The van der Waals surface area contributed by atoms with Gasteiger partial charge in [-0.05, 0) is 30.5 Å². The van der Waals surface area contributed by atoms with Crippen LogP contribution in [0.1, 0.15) is 12.0 Å². The molecule has 7 heteroatoms. The third-order valence-electron chi connectivity index (χ3n) is 3.29. The fourth-order valence-corrected chi connectivity index (χ4v) is 5.61. The van der Waals surface area contributed by atoms with Crippen molar-refractivity contribution in [1.29, 1.82) is 0 Å². The van der Waals surface area contributed by atoms with E-state index in [0.717, 1.165) is 5.56 Å². The molecule has 1 fully saturated rings. The molecule has 0 saturated carbocycles. The molecule has 2 rings (SSSR count). The van der Waals surface area contributed by atoms with Crippen LogP contribution in [0.3, 0.4) is 0 Å². The highest BCUT2D eigenvalue weighted by atomic mass is 32.2. The number of hydrogen-bond donors (Lipinski definition) is 1. The maximum atomic E-state index is 12.7. The van der Waals surface area contributed by atoms with Crippen LogP contribution < -0.4 is 5.32 Å². The molecule has 0 unspecified atom stereocenters. The van der Waals surface area contributed by atoms with E-state index in [0.29, 0.717) is 19.4 Å². The molecule has 1 aliphatic rings. The number of carbonyl (C=O) groups excluding carboxylic acids is 1. The van der Waals surface area contributed by atoms with Crippen LogP contribution in [0.15, 0.2) is 24.3 Å². The highest BCUT2D eigenvalue weighted by Crippen LogP contribution is 2.23. The van der Waals surface area contributed by atoms with E-state index in [1.165, 1.54) is 23.9 Å². The van der Waals surface area contributed by atoms with E-state index in [4.69, 9.17) is 0 Å². The number of benzene rings is 1. The highest BCUT2D eigenvalue weighted by molar-refractivity contribution is 8.02. The van der Waals surface area contributed by atoms with E-state index in [9.17, 15) is 17.6 Å². The summed E-state index contributed by atoms with van der Waals surface area (Å²) in [6.07, 6.45) is 1.28. The molecule has 0 aromatic heterocycles. The first-order chi connectivity index (χ1) is 9.94. The standard InChI is InChI=1S/C14H18FNO3S2/c15-12-3-1-11(2-4-12)5-7-16-14(17)9-20-13-6-8-21(18,19)10-13/h1-4,13H,5-10H2,(H,16,17)/t13-/m1/s1. The summed E-state index contributed by atoms with van der Waals surface area (Å²) in [5.41, 5.74) is 0.964. The van der Waals surface area contributed by atoms with Crippen molar-refractivity contribution in [3.63, 3.8) is 0 Å². The lowest BCUT2D eigenvalue weighted by atomic mass is 10.1. The monoisotopic (exact) mass is 331 g/mol. The fourth-order valence-electron chi connectivity index (χ4n) is 2.13. The Morgan fingerprint density at radius 2 is 2.05 bits per heavy atom. The van der Waals surface area contributed by atoms with Crippen LogP contribution in [-0.4, -0.2) is 43.4 Å². The van der Waals surface area contributed by atoms with Crippen molar-refractivity contribution < 1.29 is 17.6 Å². The molecule has 116 valence electrons. The van der Waals surface area contributed by atoms with Gasteiger partial charge in [0, 0.05) is 11.8 Å². The van der Waals surface area contributed by atoms with E-state index in [1.807, 2.05) is 0 Å². The summed E-state index contributed by atoms with van der Waals surface area (Å²) in [7, 11) is -2.88. The van der Waals surface area contributed by atoms with Crippen molar-refractivity contribution in [1.82, 2.24) is 5.32 Å². The number of rotatable bonds is 6. The van der Waals surface area contributed by atoms with Gasteiger partial charge in [0.25, 0.3) is 0 Å². The van der Waals surface area contributed by atoms with Crippen LogP contribution in [0, 0.1) is 5.82 Å². The Morgan fingerprint density at radius 3 is 2.67 bits per heavy atom. The van der Waals surface area contributed by atoms with Crippen molar-refractivity contribution in [2.75, 3.05) is 23.8 Å². The number of hydrogen-bond acceptors (Lipinski definition) is 4. The summed E-state index contributed by atoms with van der Waals surface area (Å²) in [5.74, 6) is 0.332. The molecule has 0 bridgehead atoms. The first kappa shape index (κ1) is 16.3. The van der Waals surface area contributed by atoms with Crippen molar-refractivity contribution in [2.24, 2.45) is 0 Å². The van der Waals surface area contributed by atoms with Gasteiger partial charge < -0.3 is 5.32 Å². The fraction of sp³-hybridized carbons (Fsp3) is 0.500. The first-order valence-electron chi connectivity index (χ1n) is 6.78. The van der Waals surface area contributed by atoms with Crippen molar-refractivity contribution in [2.45, 2.75) is 18.1 Å². The number of carbonyl (C=O) groups is 1. The molecule has 1 N–H and O–H groups in total. The first-order valence-corrected chi connectivity index (χ1v) is 9.65. The molecule has 21 heavy (non-hydrogen) atoms. The Hall–Kier alpha value is -1.08. The Morgan fingerprint density at radius 1 is 1.33 bits per heavy atom. The van der Waals surface area contributed by atoms with Gasteiger partial charge in [-0.25, -0.2) is 12.8 Å². The van der Waals surface area contributed by atoms with Crippen LogP contribution in [0.2, 0.25) is 0 Å². The maximum absolute atomic E-state index is 12.7. The van der Waals surface area contributed by atoms with Gasteiger partial charge in [-0.3, -0.25) is 4.79 Å². The number of amides is 1. The summed E-state index contributed by atoms with van der Waals surface area (Å²) in [6.45, 7) is 0.494. The molecular formula is C14H18FNO3S2. The van der Waals surface area contributed by atoms with E-state index in [1.54, 1.807) is 12.1 Å². The zero-order valence-electron chi connectivity index (χ0n) is 11.5. The summed E-state index contributed by atoms with van der Waals surface area (Å²) < 4.78 is 35.3. The largest absolute Gasteiger partial charge is 0.355 e. The molecular weight excluding hydrogens is 313 g/mol. The van der Waals surface area contributed by atoms with Crippen LogP contribution in [0.5, 0.6) is 0 Å². The summed E-state index contributed by atoms with van der Waals surface area (Å²) >= 11 is 1.40. The number of nitrogens with one attached hydrogen (secondary N) is 1. The Kier molecular flexibility index (Phi) is 5.64. The van der Waals surface area contributed by atoms with Gasteiger partial charge in [-0.1, -0.05) is 12.1 Å². The number of thioether (sulfide) groups is 1. The smallest absolute Gasteiger partial charge is 0.230 e. The molecule has 1 heterocycles. The zero-order valence-corrected chi connectivity index (χ0v) is 13.2. The molecule has 1 amide bonds. The molecule has 4 nitrogen and oxygen atoms in total. The Bertz CT molecular complexity index is 587. The normalized spacial score (nSPS) is 20.3. The molecule has 1 aromatic rings. The predicted octanol–water partition coefficient (Wildman–Crippen LogP) is 1.40. The summed E-state index contributed by atoms with van der Waals surface area (Å²) in [4.78, 5) is 11.7. The third-order valence-corrected chi connectivity index (χ3v) is 6.57. The van der Waals surface area contributed by atoms with Gasteiger partial charge in [0.2, 0.25) is 5.91 Å². The lowest BCUT2D eigenvalue weighted by Crippen LogP contribution is -2.28. The number of sulfone groups is 1. The van der Waals surface area contributed by atoms with Crippen molar-refractivity contribution in [3.05, 3.63) is 35.6 Å². The highest BCUT2D eigenvalue weighted by Gasteiger charge is 2.28. The second-order valence-corrected chi connectivity index (χ2v) is 8.58. The second-order valence-electron chi connectivity index (χ2n) is 5.06. The predicted molar refractivity (Wildman–Crippen MR) is 82.6 cm³/mol. The van der Waals surface area contributed by atoms with E-state index < -0.39 is 9.84 Å². The number of halogens is 1. The molecule has 0 radical (unpaired) electrons. The molecule has 1 aliphatic heterocycles. The second kappa shape index (κ2) is 7.26. The zero-order chi connectivity index (χ0) is 15.3. The third kappa shape index (κ3) is 5.67.